The Morgan fingerprint density at radius 3 is 0.800 bits per heavy atom. The minimum atomic E-state index is -0.340. The molecule has 0 saturated heterocycles. The van der Waals surface area contributed by atoms with E-state index < -0.39 is 0 Å². The van der Waals surface area contributed by atoms with Gasteiger partial charge in [-0.25, -0.2) is 0 Å². The first-order valence-electron chi connectivity index (χ1n) is 34.2. The molecule has 0 radical (unpaired) electrons. The molecule has 6 heteroatoms. The van der Waals surface area contributed by atoms with Gasteiger partial charge >= 0.3 is 17.9 Å². The highest BCUT2D eigenvalue weighted by Gasteiger charge is 2.26. The molecule has 0 spiro atoms. The third kappa shape index (κ3) is 29.7. The largest absolute Gasteiger partial charge is 0.426 e. The average Bonchev–Trinajstić information content (AvgIpc) is 3.49. The average molecular weight is 1100 g/mol. The summed E-state index contributed by atoms with van der Waals surface area (Å²) in [6, 6.07) is 21.7. The van der Waals surface area contributed by atoms with Crippen molar-refractivity contribution >= 4 is 39.5 Å². The van der Waals surface area contributed by atoms with Crippen LogP contribution in [0.25, 0.3) is 32.7 Å². The van der Waals surface area contributed by atoms with Crippen LogP contribution >= 0.6 is 0 Å². The standard InChI is InChI=1S/C74H116O6/c1-4-7-10-13-16-19-22-25-28-31-34-37-40-43-49-60-68(75)78-66-58-52-56-64-71(63-54-47-46-48-55-63)65-57-53-59-67(79-69(76)61-50-44-41-38-35-32-29-26-23-20-17-14-11-8-5-2)73(65)74(72(64)66)80-70(77)62-51-45-42-39-36-33-30-27-24-21-18-15-12-9-6-3/h46-48,52-59H,4-45,49-51,60-62H2,1-3H3. The number of carbonyl (C=O) groups is 3. The minimum absolute atomic E-state index is 0.268. The maximum Gasteiger partial charge on any atom is 0.311 e. The Morgan fingerprint density at radius 1 is 0.275 bits per heavy atom. The summed E-state index contributed by atoms with van der Waals surface area (Å²) < 4.78 is 19.2. The van der Waals surface area contributed by atoms with Crippen molar-refractivity contribution in [3.8, 4) is 28.4 Å². The summed E-state index contributed by atoms with van der Waals surface area (Å²) in [4.78, 5) is 41.8. The van der Waals surface area contributed by atoms with Crippen molar-refractivity contribution in [2.75, 3.05) is 0 Å². The van der Waals surface area contributed by atoms with Crippen LogP contribution < -0.4 is 14.2 Å². The molecule has 4 aromatic rings. The van der Waals surface area contributed by atoms with Gasteiger partial charge in [-0.3, -0.25) is 14.4 Å². The third-order valence-corrected chi connectivity index (χ3v) is 16.7. The Balaban J connectivity index is 1.41. The van der Waals surface area contributed by atoms with E-state index in [0.717, 1.165) is 79.7 Å². The highest BCUT2D eigenvalue weighted by Crippen LogP contribution is 2.50. The molecule has 0 unspecified atom stereocenters. The summed E-state index contributed by atoms with van der Waals surface area (Å²) in [6.45, 7) is 6.84. The molecule has 4 aromatic carbocycles. The number of esters is 3. The van der Waals surface area contributed by atoms with E-state index in [4.69, 9.17) is 14.2 Å². The zero-order valence-corrected chi connectivity index (χ0v) is 51.7. The molecule has 80 heavy (non-hydrogen) atoms. The first-order valence-corrected chi connectivity index (χ1v) is 34.2. The van der Waals surface area contributed by atoms with Crippen molar-refractivity contribution in [3.63, 3.8) is 0 Å². The number of carbonyl (C=O) groups excluding carboxylic acids is 3. The smallest absolute Gasteiger partial charge is 0.311 e. The first-order chi connectivity index (χ1) is 39.5. The van der Waals surface area contributed by atoms with E-state index in [-0.39, 0.29) is 30.1 Å². The fourth-order valence-corrected chi connectivity index (χ4v) is 11.8. The van der Waals surface area contributed by atoms with Crippen LogP contribution in [-0.2, 0) is 14.4 Å². The van der Waals surface area contributed by atoms with Crippen LogP contribution in [-0.4, -0.2) is 17.9 Å². The maximum atomic E-state index is 14.2. The molecule has 0 fully saturated rings. The van der Waals surface area contributed by atoms with E-state index in [0.29, 0.717) is 35.1 Å². The van der Waals surface area contributed by atoms with Crippen LogP contribution in [0.2, 0.25) is 0 Å². The zero-order chi connectivity index (χ0) is 56.8. The van der Waals surface area contributed by atoms with Gasteiger partial charge in [0, 0.05) is 19.3 Å². The highest BCUT2D eigenvalue weighted by molar-refractivity contribution is 6.21. The monoisotopic (exact) mass is 1100 g/mol. The van der Waals surface area contributed by atoms with Gasteiger partial charge in [-0.1, -0.05) is 345 Å². The second-order valence-electron chi connectivity index (χ2n) is 23.9. The summed E-state index contributed by atoms with van der Waals surface area (Å²) in [5.74, 6) is 0.0418. The second kappa shape index (κ2) is 46.3. The summed E-state index contributed by atoms with van der Waals surface area (Å²) in [6.07, 6.45) is 57.5. The lowest BCUT2D eigenvalue weighted by molar-refractivity contribution is -0.135. The number of hydrogen-bond acceptors (Lipinski definition) is 6. The highest BCUT2D eigenvalue weighted by atomic mass is 16.6. The van der Waals surface area contributed by atoms with Crippen LogP contribution in [0.15, 0.2) is 66.7 Å². The van der Waals surface area contributed by atoms with Crippen LogP contribution in [0, 0.1) is 0 Å². The molecule has 0 heterocycles. The van der Waals surface area contributed by atoms with E-state index in [9.17, 15) is 14.4 Å². The normalized spacial score (nSPS) is 11.5. The quantitative estimate of drug-likeness (QED) is 0.0190. The van der Waals surface area contributed by atoms with E-state index in [1.54, 1.807) is 0 Å². The Hall–Kier alpha value is -4.19. The molecule has 448 valence electrons. The second-order valence-corrected chi connectivity index (χ2v) is 23.9. The summed E-state index contributed by atoms with van der Waals surface area (Å²) in [5.41, 5.74) is 1.86. The van der Waals surface area contributed by atoms with Crippen molar-refractivity contribution in [2.24, 2.45) is 0 Å². The van der Waals surface area contributed by atoms with Crippen LogP contribution in [0.5, 0.6) is 17.2 Å². The van der Waals surface area contributed by atoms with E-state index in [1.165, 1.54) is 231 Å². The maximum absolute atomic E-state index is 14.2. The van der Waals surface area contributed by atoms with E-state index in [2.05, 4.69) is 32.9 Å². The number of hydrogen-bond donors (Lipinski definition) is 0. The zero-order valence-electron chi connectivity index (χ0n) is 51.7. The molecule has 0 aromatic heterocycles. The number of fused-ring (bicyclic) bond motifs is 2. The Labute approximate surface area is 489 Å². The Morgan fingerprint density at radius 2 is 0.525 bits per heavy atom. The van der Waals surface area contributed by atoms with Crippen molar-refractivity contribution in [2.45, 2.75) is 329 Å². The van der Waals surface area contributed by atoms with Gasteiger partial charge in [0.2, 0.25) is 0 Å². The van der Waals surface area contributed by atoms with Gasteiger partial charge in [0.05, 0.1) is 10.8 Å². The number of unbranched alkanes of at least 4 members (excludes halogenated alkanes) is 42. The topological polar surface area (TPSA) is 78.9 Å². The van der Waals surface area contributed by atoms with Gasteiger partial charge in [-0.05, 0) is 53.3 Å². The molecule has 4 rings (SSSR count). The molecule has 0 bridgehead atoms. The van der Waals surface area contributed by atoms with Crippen molar-refractivity contribution in [1.29, 1.82) is 0 Å². The number of rotatable bonds is 52. The molecular weight excluding hydrogens is 985 g/mol. The molecule has 0 aliphatic rings. The first kappa shape index (κ1) is 68.3. The van der Waals surface area contributed by atoms with Gasteiger partial charge in [-0.15, -0.1) is 0 Å². The van der Waals surface area contributed by atoms with Crippen molar-refractivity contribution in [3.05, 3.63) is 66.7 Å². The summed E-state index contributed by atoms with van der Waals surface area (Å²) >= 11 is 0. The fraction of sp³-hybridized carbons (Fsp3) is 0.689. The Kier molecular flexibility index (Phi) is 39.5. The predicted octanol–water partition coefficient (Wildman–Crippen LogP) is 24.2. The predicted molar refractivity (Wildman–Crippen MR) is 342 cm³/mol. The molecule has 0 N–H and O–H groups in total. The Bertz CT molecular complexity index is 2080. The van der Waals surface area contributed by atoms with Crippen LogP contribution in [0.1, 0.15) is 329 Å². The number of ether oxygens (including phenoxy) is 3. The molecule has 0 saturated carbocycles. The summed E-state index contributed by atoms with van der Waals surface area (Å²) in [7, 11) is 0. The van der Waals surface area contributed by atoms with E-state index >= 15 is 0 Å². The third-order valence-electron chi connectivity index (χ3n) is 16.7. The van der Waals surface area contributed by atoms with Gasteiger partial charge in [0.25, 0.3) is 0 Å². The lowest BCUT2D eigenvalue weighted by Crippen LogP contribution is -2.12. The van der Waals surface area contributed by atoms with Gasteiger partial charge in [-0.2, -0.15) is 0 Å². The van der Waals surface area contributed by atoms with Crippen molar-refractivity contribution in [1.82, 2.24) is 0 Å². The molecular formula is C74H116O6. The molecule has 6 nitrogen and oxygen atoms in total. The van der Waals surface area contributed by atoms with Crippen LogP contribution in [0.4, 0.5) is 0 Å². The lowest BCUT2D eigenvalue weighted by Gasteiger charge is -2.20. The van der Waals surface area contributed by atoms with Gasteiger partial charge in [0.1, 0.15) is 11.5 Å². The van der Waals surface area contributed by atoms with Gasteiger partial charge in [0.15, 0.2) is 5.75 Å². The number of benzene rings is 4. The molecule has 0 amide bonds. The lowest BCUT2D eigenvalue weighted by atomic mass is 9.90. The molecule has 0 aliphatic carbocycles. The molecule has 0 atom stereocenters. The van der Waals surface area contributed by atoms with Crippen molar-refractivity contribution < 1.29 is 28.6 Å². The SMILES string of the molecule is CCCCCCCCCCCCCCCCCC(=O)Oc1cccc2c(-c3ccccc3)c3cccc(OC(=O)CCCCCCCCCCCCCCCCC)c3c(OC(=O)CCCCCCCCCCCCCCCCC)c12. The fourth-order valence-electron chi connectivity index (χ4n) is 11.8. The van der Waals surface area contributed by atoms with Gasteiger partial charge < -0.3 is 14.2 Å². The molecule has 0 aliphatic heterocycles. The minimum Gasteiger partial charge on any atom is -0.426 e. The van der Waals surface area contributed by atoms with E-state index in [1.807, 2.05) is 54.6 Å². The summed E-state index contributed by atoms with van der Waals surface area (Å²) in [5, 5.41) is 2.69. The van der Waals surface area contributed by atoms with Crippen LogP contribution in [0.3, 0.4) is 0 Å².